The first-order chi connectivity index (χ1) is 17.5. The third-order valence-corrected chi connectivity index (χ3v) is 6.70. The Labute approximate surface area is 210 Å². The van der Waals surface area contributed by atoms with Gasteiger partial charge in [0.25, 0.3) is 0 Å². The molecule has 0 aliphatic heterocycles. The summed E-state index contributed by atoms with van der Waals surface area (Å²) in [5.74, 6) is -1.87. The Balaban J connectivity index is 1.30. The summed E-state index contributed by atoms with van der Waals surface area (Å²) in [4.78, 5) is 0. The SMILES string of the molecule is C=CCCCOc1ccc(COC2CCC(c3ccc(-c4ccc(O)cc4)c(F)c3F)CC2)cc1F. The molecule has 0 spiro atoms. The van der Waals surface area contributed by atoms with E-state index in [9.17, 15) is 18.3 Å². The topological polar surface area (TPSA) is 38.7 Å². The fraction of sp³-hybridized carbons (Fsp3) is 0.333. The first-order valence-corrected chi connectivity index (χ1v) is 12.4. The highest BCUT2D eigenvalue weighted by Gasteiger charge is 2.27. The number of hydrogen-bond donors (Lipinski definition) is 1. The molecule has 0 bridgehead atoms. The van der Waals surface area contributed by atoms with Gasteiger partial charge >= 0.3 is 0 Å². The Morgan fingerprint density at radius 3 is 2.36 bits per heavy atom. The lowest BCUT2D eigenvalue weighted by Gasteiger charge is -2.29. The lowest BCUT2D eigenvalue weighted by molar-refractivity contribution is 0.0130. The molecule has 0 atom stereocenters. The number of aromatic hydroxyl groups is 1. The van der Waals surface area contributed by atoms with E-state index in [1.165, 1.54) is 18.2 Å². The lowest BCUT2D eigenvalue weighted by atomic mass is 9.82. The summed E-state index contributed by atoms with van der Waals surface area (Å²) in [6.45, 7) is 4.38. The standard InChI is InChI=1S/C30H31F3O3/c1-2-3-4-17-35-28-16-5-20(18-27(28)31)19-36-24-12-8-22(9-13-24)26-15-14-25(29(32)30(26)33)21-6-10-23(34)11-7-21/h2,5-7,10-11,14-16,18,22,24,34H,1,3-4,8-9,12-13,17,19H2. The molecule has 1 aliphatic rings. The molecule has 4 rings (SSSR count). The second-order valence-corrected chi connectivity index (χ2v) is 9.21. The van der Waals surface area contributed by atoms with Gasteiger partial charge in [-0.05, 0) is 85.4 Å². The fourth-order valence-corrected chi connectivity index (χ4v) is 4.66. The highest BCUT2D eigenvalue weighted by molar-refractivity contribution is 5.65. The van der Waals surface area contributed by atoms with Gasteiger partial charge in [0.1, 0.15) is 5.75 Å². The zero-order valence-corrected chi connectivity index (χ0v) is 20.2. The van der Waals surface area contributed by atoms with Gasteiger partial charge < -0.3 is 14.6 Å². The van der Waals surface area contributed by atoms with Gasteiger partial charge in [0.05, 0.1) is 19.3 Å². The molecule has 1 saturated carbocycles. The lowest BCUT2D eigenvalue weighted by Crippen LogP contribution is -2.21. The van der Waals surface area contributed by atoms with E-state index in [0.717, 1.165) is 31.2 Å². The summed E-state index contributed by atoms with van der Waals surface area (Å²) in [5, 5.41) is 9.43. The van der Waals surface area contributed by atoms with Gasteiger partial charge in [-0.2, -0.15) is 0 Å². The minimum atomic E-state index is -0.869. The molecular formula is C30H31F3O3. The van der Waals surface area contributed by atoms with E-state index in [0.29, 0.717) is 30.6 Å². The maximum absolute atomic E-state index is 15.0. The number of allylic oxidation sites excluding steroid dienone is 1. The van der Waals surface area contributed by atoms with Crippen LogP contribution in [0.5, 0.6) is 11.5 Å². The zero-order chi connectivity index (χ0) is 25.5. The molecule has 3 nitrogen and oxygen atoms in total. The van der Waals surface area contributed by atoms with E-state index >= 15 is 0 Å². The summed E-state index contributed by atoms with van der Waals surface area (Å²) in [6, 6.07) is 14.1. The molecule has 0 amide bonds. The molecule has 6 heteroatoms. The Morgan fingerprint density at radius 2 is 1.67 bits per heavy atom. The summed E-state index contributed by atoms with van der Waals surface area (Å²) in [5.41, 5.74) is 1.80. The Kier molecular flexibility index (Phi) is 8.70. The van der Waals surface area contributed by atoms with Gasteiger partial charge in [-0.1, -0.05) is 36.4 Å². The summed E-state index contributed by atoms with van der Waals surface area (Å²) in [6.07, 6.45) is 6.21. The maximum Gasteiger partial charge on any atom is 0.166 e. The number of hydrogen-bond acceptors (Lipinski definition) is 3. The van der Waals surface area contributed by atoms with Crippen LogP contribution < -0.4 is 4.74 Å². The largest absolute Gasteiger partial charge is 0.508 e. The number of phenols is 1. The first-order valence-electron chi connectivity index (χ1n) is 12.4. The van der Waals surface area contributed by atoms with Crippen LogP contribution in [0.25, 0.3) is 11.1 Å². The molecule has 1 fully saturated rings. The van der Waals surface area contributed by atoms with E-state index in [4.69, 9.17) is 9.47 Å². The van der Waals surface area contributed by atoms with Crippen molar-refractivity contribution in [2.75, 3.05) is 6.61 Å². The zero-order valence-electron chi connectivity index (χ0n) is 20.2. The smallest absolute Gasteiger partial charge is 0.166 e. The summed E-state index contributed by atoms with van der Waals surface area (Å²) < 4.78 is 55.6. The molecular weight excluding hydrogens is 465 g/mol. The van der Waals surface area contributed by atoms with Gasteiger partial charge in [0, 0.05) is 5.56 Å². The van der Waals surface area contributed by atoms with E-state index in [2.05, 4.69) is 6.58 Å². The van der Waals surface area contributed by atoms with Gasteiger partial charge in [-0.3, -0.25) is 0 Å². The number of rotatable bonds is 10. The van der Waals surface area contributed by atoms with Crippen molar-refractivity contribution >= 4 is 0 Å². The van der Waals surface area contributed by atoms with Crippen molar-refractivity contribution in [3.63, 3.8) is 0 Å². The van der Waals surface area contributed by atoms with E-state index in [-0.39, 0.29) is 35.7 Å². The predicted molar refractivity (Wildman–Crippen MR) is 135 cm³/mol. The van der Waals surface area contributed by atoms with Crippen molar-refractivity contribution in [1.82, 2.24) is 0 Å². The molecule has 36 heavy (non-hydrogen) atoms. The highest BCUT2D eigenvalue weighted by Crippen LogP contribution is 2.38. The fourth-order valence-electron chi connectivity index (χ4n) is 4.66. The first kappa shape index (κ1) is 25.8. The molecule has 0 heterocycles. The average molecular weight is 497 g/mol. The van der Waals surface area contributed by atoms with Crippen molar-refractivity contribution < 1.29 is 27.8 Å². The van der Waals surface area contributed by atoms with Gasteiger partial charge in [-0.25, -0.2) is 13.2 Å². The Morgan fingerprint density at radius 1 is 0.917 bits per heavy atom. The molecule has 190 valence electrons. The molecule has 3 aromatic carbocycles. The van der Waals surface area contributed by atoms with E-state index in [1.54, 1.807) is 42.5 Å². The van der Waals surface area contributed by atoms with Crippen LogP contribution in [0.3, 0.4) is 0 Å². The van der Waals surface area contributed by atoms with Crippen molar-refractivity contribution in [2.24, 2.45) is 0 Å². The van der Waals surface area contributed by atoms with Crippen molar-refractivity contribution in [1.29, 1.82) is 0 Å². The molecule has 0 unspecified atom stereocenters. The van der Waals surface area contributed by atoms with Crippen LogP contribution in [0.4, 0.5) is 13.2 Å². The summed E-state index contributed by atoms with van der Waals surface area (Å²) >= 11 is 0. The monoisotopic (exact) mass is 496 g/mol. The van der Waals surface area contributed by atoms with E-state index < -0.39 is 17.5 Å². The third kappa shape index (κ3) is 6.30. The number of ether oxygens (including phenoxy) is 2. The van der Waals surface area contributed by atoms with Crippen LogP contribution in [-0.4, -0.2) is 17.8 Å². The van der Waals surface area contributed by atoms with Gasteiger partial charge in [0.15, 0.2) is 23.2 Å². The Bertz CT molecular complexity index is 1170. The number of halogens is 3. The quantitative estimate of drug-likeness (QED) is 0.228. The van der Waals surface area contributed by atoms with Gasteiger partial charge in [-0.15, -0.1) is 6.58 Å². The van der Waals surface area contributed by atoms with Crippen LogP contribution in [0.2, 0.25) is 0 Å². The highest BCUT2D eigenvalue weighted by atomic mass is 19.2. The van der Waals surface area contributed by atoms with Crippen LogP contribution >= 0.6 is 0 Å². The number of unbranched alkanes of at least 4 members (excludes halogenated alkanes) is 1. The normalized spacial score (nSPS) is 17.6. The van der Waals surface area contributed by atoms with Crippen molar-refractivity contribution in [3.05, 3.63) is 95.8 Å². The second kappa shape index (κ2) is 12.1. The predicted octanol–water partition coefficient (Wildman–Crippen LogP) is 8.06. The molecule has 1 aliphatic carbocycles. The van der Waals surface area contributed by atoms with Crippen LogP contribution in [0, 0.1) is 17.5 Å². The van der Waals surface area contributed by atoms with Gasteiger partial charge in [0.2, 0.25) is 0 Å². The molecule has 1 N–H and O–H groups in total. The molecule has 0 aromatic heterocycles. The minimum Gasteiger partial charge on any atom is -0.508 e. The average Bonchev–Trinajstić information content (AvgIpc) is 2.89. The number of benzene rings is 3. The van der Waals surface area contributed by atoms with Crippen molar-refractivity contribution in [2.45, 2.75) is 57.2 Å². The van der Waals surface area contributed by atoms with Crippen LogP contribution in [0.1, 0.15) is 55.6 Å². The van der Waals surface area contributed by atoms with E-state index in [1.807, 2.05) is 0 Å². The molecule has 0 radical (unpaired) electrons. The summed E-state index contributed by atoms with van der Waals surface area (Å²) in [7, 11) is 0. The number of phenolic OH excluding ortho intramolecular Hbond substituents is 1. The van der Waals surface area contributed by atoms with Crippen molar-refractivity contribution in [3.8, 4) is 22.6 Å². The third-order valence-electron chi connectivity index (χ3n) is 6.70. The molecule has 0 saturated heterocycles. The molecule has 3 aromatic rings. The second-order valence-electron chi connectivity index (χ2n) is 9.21. The van der Waals surface area contributed by atoms with Crippen LogP contribution in [0.15, 0.2) is 67.3 Å². The van der Waals surface area contributed by atoms with Crippen LogP contribution in [-0.2, 0) is 11.3 Å². The minimum absolute atomic E-state index is 0.0108. The maximum atomic E-state index is 15.0. The Hall–Kier alpha value is -3.25.